The Balaban J connectivity index is 2.56. The van der Waals surface area contributed by atoms with Crippen molar-refractivity contribution in [3.63, 3.8) is 0 Å². The van der Waals surface area contributed by atoms with Crippen molar-refractivity contribution >= 4 is 5.97 Å². The fraction of sp³-hybridized carbons (Fsp3) is 0.909. The molecule has 1 N–H and O–H groups in total. The Morgan fingerprint density at radius 1 is 1.67 bits per heavy atom. The van der Waals surface area contributed by atoms with Crippen LogP contribution in [0.4, 0.5) is 0 Å². The van der Waals surface area contributed by atoms with Crippen molar-refractivity contribution in [3.8, 4) is 0 Å². The Kier molecular flexibility index (Phi) is 5.05. The van der Waals surface area contributed by atoms with E-state index in [0.29, 0.717) is 12.6 Å². The van der Waals surface area contributed by atoms with Crippen LogP contribution in [0.5, 0.6) is 0 Å². The first-order chi connectivity index (χ1) is 7.15. The van der Waals surface area contributed by atoms with Crippen molar-refractivity contribution in [1.82, 2.24) is 4.90 Å². The second kappa shape index (κ2) is 6.08. The zero-order chi connectivity index (χ0) is 11.3. The highest BCUT2D eigenvalue weighted by molar-refractivity contribution is 5.69. The van der Waals surface area contributed by atoms with Crippen LogP contribution in [0.2, 0.25) is 0 Å². The highest BCUT2D eigenvalue weighted by Crippen LogP contribution is 2.17. The average Bonchev–Trinajstić information content (AvgIpc) is 2.26. The summed E-state index contributed by atoms with van der Waals surface area (Å²) in [5.41, 5.74) is 0. The van der Waals surface area contributed by atoms with Gasteiger partial charge in [-0.2, -0.15) is 0 Å². The molecule has 0 aliphatic carbocycles. The molecular weight excluding hydrogens is 194 g/mol. The number of carboxylic acid groups (broad SMARTS) is 1. The molecule has 0 radical (unpaired) electrons. The van der Waals surface area contributed by atoms with E-state index in [9.17, 15) is 4.79 Å². The average molecular weight is 215 g/mol. The van der Waals surface area contributed by atoms with Gasteiger partial charge in [0, 0.05) is 18.7 Å². The van der Waals surface area contributed by atoms with Gasteiger partial charge in [-0.3, -0.25) is 9.69 Å². The number of carbonyl (C=O) groups is 1. The first-order valence-electron chi connectivity index (χ1n) is 5.70. The van der Waals surface area contributed by atoms with Gasteiger partial charge in [-0.25, -0.2) is 0 Å². The SMILES string of the molecule is CCC(C)N(CC(=O)O)C1CCCOC1. The largest absolute Gasteiger partial charge is 0.480 e. The molecular formula is C11H21NO3. The molecule has 2 unspecified atom stereocenters. The Morgan fingerprint density at radius 3 is 2.87 bits per heavy atom. The number of carboxylic acids is 1. The first kappa shape index (κ1) is 12.5. The van der Waals surface area contributed by atoms with Gasteiger partial charge in [0.2, 0.25) is 0 Å². The van der Waals surface area contributed by atoms with E-state index in [0.717, 1.165) is 25.9 Å². The molecule has 0 aromatic rings. The van der Waals surface area contributed by atoms with Crippen LogP contribution in [0.15, 0.2) is 0 Å². The van der Waals surface area contributed by atoms with Crippen molar-refractivity contribution in [2.45, 2.75) is 45.2 Å². The number of hydrogen-bond donors (Lipinski definition) is 1. The Hall–Kier alpha value is -0.610. The Bertz CT molecular complexity index is 202. The van der Waals surface area contributed by atoms with E-state index >= 15 is 0 Å². The summed E-state index contributed by atoms with van der Waals surface area (Å²) >= 11 is 0. The minimum absolute atomic E-state index is 0.128. The van der Waals surface area contributed by atoms with Gasteiger partial charge >= 0.3 is 5.97 Å². The van der Waals surface area contributed by atoms with E-state index in [1.807, 2.05) is 0 Å². The van der Waals surface area contributed by atoms with Crippen molar-refractivity contribution in [2.75, 3.05) is 19.8 Å². The van der Waals surface area contributed by atoms with Crippen LogP contribution >= 0.6 is 0 Å². The first-order valence-corrected chi connectivity index (χ1v) is 5.70. The van der Waals surface area contributed by atoms with Crippen LogP contribution in [0.3, 0.4) is 0 Å². The predicted molar refractivity (Wildman–Crippen MR) is 57.9 cm³/mol. The number of rotatable bonds is 5. The molecule has 0 aromatic heterocycles. The van der Waals surface area contributed by atoms with E-state index in [1.165, 1.54) is 0 Å². The van der Waals surface area contributed by atoms with Crippen molar-refractivity contribution in [2.24, 2.45) is 0 Å². The molecule has 0 saturated carbocycles. The second-order valence-electron chi connectivity index (χ2n) is 4.19. The Labute approximate surface area is 91.2 Å². The second-order valence-corrected chi connectivity index (χ2v) is 4.19. The molecule has 0 aromatic carbocycles. The fourth-order valence-corrected chi connectivity index (χ4v) is 2.02. The summed E-state index contributed by atoms with van der Waals surface area (Å²) in [5, 5.41) is 8.88. The van der Waals surface area contributed by atoms with E-state index < -0.39 is 5.97 Å². The molecule has 1 aliphatic heterocycles. The molecule has 2 atom stereocenters. The number of nitrogens with zero attached hydrogens (tertiary/aromatic N) is 1. The predicted octanol–water partition coefficient (Wildman–Crippen LogP) is 1.35. The summed E-state index contributed by atoms with van der Waals surface area (Å²) in [6.45, 7) is 5.79. The summed E-state index contributed by atoms with van der Waals surface area (Å²) in [6.07, 6.45) is 3.07. The molecule has 4 nitrogen and oxygen atoms in total. The van der Waals surface area contributed by atoms with Crippen molar-refractivity contribution < 1.29 is 14.6 Å². The lowest BCUT2D eigenvalue weighted by molar-refractivity contribution is -0.140. The van der Waals surface area contributed by atoms with Gasteiger partial charge < -0.3 is 9.84 Å². The molecule has 1 rings (SSSR count). The molecule has 0 spiro atoms. The lowest BCUT2D eigenvalue weighted by atomic mass is 10.1. The van der Waals surface area contributed by atoms with E-state index in [4.69, 9.17) is 9.84 Å². The summed E-state index contributed by atoms with van der Waals surface area (Å²) in [5.74, 6) is -0.749. The van der Waals surface area contributed by atoms with Gasteiger partial charge in [0.1, 0.15) is 0 Å². The molecule has 0 amide bonds. The molecule has 1 saturated heterocycles. The highest BCUT2D eigenvalue weighted by Gasteiger charge is 2.26. The highest BCUT2D eigenvalue weighted by atomic mass is 16.5. The van der Waals surface area contributed by atoms with Crippen LogP contribution in [0, 0.1) is 0 Å². The molecule has 88 valence electrons. The molecule has 0 bridgehead atoms. The lowest BCUT2D eigenvalue weighted by Crippen LogP contribution is -2.48. The summed E-state index contributed by atoms with van der Waals surface area (Å²) in [4.78, 5) is 12.8. The van der Waals surface area contributed by atoms with E-state index in [-0.39, 0.29) is 12.6 Å². The molecule has 1 fully saturated rings. The van der Waals surface area contributed by atoms with Gasteiger partial charge in [-0.15, -0.1) is 0 Å². The minimum atomic E-state index is -0.749. The maximum Gasteiger partial charge on any atom is 0.317 e. The van der Waals surface area contributed by atoms with Gasteiger partial charge in [0.05, 0.1) is 13.2 Å². The van der Waals surface area contributed by atoms with Crippen LogP contribution in [0.1, 0.15) is 33.1 Å². The smallest absolute Gasteiger partial charge is 0.317 e. The minimum Gasteiger partial charge on any atom is -0.480 e. The third-order valence-electron chi connectivity index (χ3n) is 3.08. The maximum atomic E-state index is 10.8. The number of ether oxygens (including phenoxy) is 1. The number of hydrogen-bond acceptors (Lipinski definition) is 3. The molecule has 15 heavy (non-hydrogen) atoms. The summed E-state index contributed by atoms with van der Waals surface area (Å²) in [7, 11) is 0. The van der Waals surface area contributed by atoms with Gasteiger partial charge in [0.15, 0.2) is 0 Å². The van der Waals surface area contributed by atoms with Crippen molar-refractivity contribution in [3.05, 3.63) is 0 Å². The number of aliphatic carboxylic acids is 1. The van der Waals surface area contributed by atoms with E-state index in [1.54, 1.807) is 0 Å². The Morgan fingerprint density at radius 2 is 2.40 bits per heavy atom. The molecule has 4 heteroatoms. The maximum absolute atomic E-state index is 10.8. The monoisotopic (exact) mass is 215 g/mol. The third kappa shape index (κ3) is 3.80. The molecule has 1 aliphatic rings. The van der Waals surface area contributed by atoms with Crippen LogP contribution in [-0.4, -0.2) is 47.8 Å². The topological polar surface area (TPSA) is 49.8 Å². The summed E-state index contributed by atoms with van der Waals surface area (Å²) < 4.78 is 5.40. The zero-order valence-electron chi connectivity index (χ0n) is 9.61. The lowest BCUT2D eigenvalue weighted by Gasteiger charge is -2.36. The summed E-state index contributed by atoms with van der Waals surface area (Å²) in [6, 6.07) is 0.595. The zero-order valence-corrected chi connectivity index (χ0v) is 9.61. The third-order valence-corrected chi connectivity index (χ3v) is 3.08. The van der Waals surface area contributed by atoms with Gasteiger partial charge in [-0.05, 0) is 26.2 Å². The van der Waals surface area contributed by atoms with Gasteiger partial charge in [0.25, 0.3) is 0 Å². The fourth-order valence-electron chi connectivity index (χ4n) is 2.02. The standard InChI is InChI=1S/C11H21NO3/c1-3-9(2)12(7-11(13)14)10-5-4-6-15-8-10/h9-10H,3-8H2,1-2H3,(H,13,14). The molecule has 1 heterocycles. The van der Waals surface area contributed by atoms with Crippen LogP contribution in [-0.2, 0) is 9.53 Å². The quantitative estimate of drug-likeness (QED) is 0.752. The van der Waals surface area contributed by atoms with Gasteiger partial charge in [-0.1, -0.05) is 6.92 Å². The van der Waals surface area contributed by atoms with E-state index in [2.05, 4.69) is 18.7 Å². The van der Waals surface area contributed by atoms with Crippen molar-refractivity contribution in [1.29, 1.82) is 0 Å². The van der Waals surface area contributed by atoms with Crippen LogP contribution < -0.4 is 0 Å². The normalized spacial score (nSPS) is 24.1. The van der Waals surface area contributed by atoms with Crippen LogP contribution in [0.25, 0.3) is 0 Å².